The molecule has 0 aliphatic carbocycles. The molecule has 2 aromatic carbocycles. The SMILES string of the molecule is COc1ccc(-n2c(CN3CCCC(C(=O)O)C3)cc3ccccc32)cc1. The molecule has 0 spiro atoms. The molecule has 140 valence electrons. The number of carbonyl (C=O) groups is 1. The summed E-state index contributed by atoms with van der Waals surface area (Å²) >= 11 is 0. The van der Waals surface area contributed by atoms with Crippen LogP contribution in [0.4, 0.5) is 0 Å². The van der Waals surface area contributed by atoms with E-state index < -0.39 is 5.97 Å². The van der Waals surface area contributed by atoms with Gasteiger partial charge in [0.05, 0.1) is 18.5 Å². The molecule has 5 nitrogen and oxygen atoms in total. The van der Waals surface area contributed by atoms with Crippen molar-refractivity contribution in [3.63, 3.8) is 0 Å². The average Bonchev–Trinajstić information content (AvgIpc) is 3.06. The van der Waals surface area contributed by atoms with E-state index in [0.717, 1.165) is 42.9 Å². The third-order valence-corrected chi connectivity index (χ3v) is 5.36. The Morgan fingerprint density at radius 2 is 1.96 bits per heavy atom. The molecule has 1 saturated heterocycles. The van der Waals surface area contributed by atoms with Crippen molar-refractivity contribution in [2.45, 2.75) is 19.4 Å². The Labute approximate surface area is 158 Å². The molecule has 0 radical (unpaired) electrons. The van der Waals surface area contributed by atoms with Crippen molar-refractivity contribution in [3.05, 3.63) is 60.3 Å². The molecule has 1 atom stereocenters. The molecule has 4 rings (SSSR count). The molecule has 0 saturated carbocycles. The van der Waals surface area contributed by atoms with E-state index in [4.69, 9.17) is 4.74 Å². The van der Waals surface area contributed by atoms with E-state index >= 15 is 0 Å². The van der Waals surface area contributed by atoms with Crippen LogP contribution in [0.25, 0.3) is 16.6 Å². The highest BCUT2D eigenvalue weighted by Crippen LogP contribution is 2.28. The van der Waals surface area contributed by atoms with Crippen LogP contribution in [0.5, 0.6) is 5.75 Å². The summed E-state index contributed by atoms with van der Waals surface area (Å²) in [6.45, 7) is 2.29. The highest BCUT2D eigenvalue weighted by molar-refractivity contribution is 5.83. The molecule has 27 heavy (non-hydrogen) atoms. The maximum absolute atomic E-state index is 11.4. The van der Waals surface area contributed by atoms with Gasteiger partial charge in [0.25, 0.3) is 0 Å². The van der Waals surface area contributed by atoms with Gasteiger partial charge in [0, 0.05) is 29.9 Å². The number of hydrogen-bond acceptors (Lipinski definition) is 3. The normalized spacial score (nSPS) is 17.9. The Hall–Kier alpha value is -2.79. The fraction of sp³-hybridized carbons (Fsp3) is 0.318. The van der Waals surface area contributed by atoms with E-state index in [9.17, 15) is 9.90 Å². The summed E-state index contributed by atoms with van der Waals surface area (Å²) in [6, 6.07) is 18.6. The van der Waals surface area contributed by atoms with Crippen LogP contribution in [0, 0.1) is 5.92 Å². The van der Waals surface area contributed by atoms with E-state index in [2.05, 4.69) is 39.8 Å². The molecule has 0 bridgehead atoms. The fourth-order valence-corrected chi connectivity index (χ4v) is 3.99. The van der Waals surface area contributed by atoms with Gasteiger partial charge >= 0.3 is 5.97 Å². The zero-order valence-corrected chi connectivity index (χ0v) is 15.5. The molecule has 1 N–H and O–H groups in total. The van der Waals surface area contributed by atoms with Crippen LogP contribution in [0.3, 0.4) is 0 Å². The number of fused-ring (bicyclic) bond motifs is 1. The Kier molecular flexibility index (Phi) is 4.86. The Morgan fingerprint density at radius 1 is 1.19 bits per heavy atom. The van der Waals surface area contributed by atoms with Gasteiger partial charge < -0.3 is 14.4 Å². The number of benzene rings is 2. The van der Waals surface area contributed by atoms with Crippen molar-refractivity contribution in [2.24, 2.45) is 5.92 Å². The second-order valence-corrected chi connectivity index (χ2v) is 7.14. The third-order valence-electron chi connectivity index (χ3n) is 5.36. The van der Waals surface area contributed by atoms with Crippen LogP contribution in [0.15, 0.2) is 54.6 Å². The lowest BCUT2D eigenvalue weighted by atomic mass is 9.98. The van der Waals surface area contributed by atoms with Gasteiger partial charge in [-0.1, -0.05) is 18.2 Å². The molecular weight excluding hydrogens is 340 g/mol. The molecule has 0 amide bonds. The van der Waals surface area contributed by atoms with E-state index in [1.807, 2.05) is 24.3 Å². The average molecular weight is 364 g/mol. The maximum atomic E-state index is 11.4. The number of piperidine rings is 1. The number of aliphatic carboxylic acids is 1. The molecule has 3 aromatic rings. The van der Waals surface area contributed by atoms with Gasteiger partial charge in [-0.3, -0.25) is 9.69 Å². The van der Waals surface area contributed by atoms with Crippen LogP contribution in [-0.2, 0) is 11.3 Å². The van der Waals surface area contributed by atoms with Gasteiger partial charge in [-0.25, -0.2) is 0 Å². The lowest BCUT2D eigenvalue weighted by Gasteiger charge is -2.30. The fourth-order valence-electron chi connectivity index (χ4n) is 3.99. The number of rotatable bonds is 5. The van der Waals surface area contributed by atoms with Gasteiger partial charge in [-0.15, -0.1) is 0 Å². The second-order valence-electron chi connectivity index (χ2n) is 7.14. The minimum Gasteiger partial charge on any atom is -0.497 e. The highest BCUT2D eigenvalue weighted by Gasteiger charge is 2.26. The Balaban J connectivity index is 1.70. The number of ether oxygens (including phenoxy) is 1. The lowest BCUT2D eigenvalue weighted by Crippen LogP contribution is -2.38. The minimum atomic E-state index is -0.685. The van der Waals surface area contributed by atoms with Crippen molar-refractivity contribution < 1.29 is 14.6 Å². The van der Waals surface area contributed by atoms with E-state index in [0.29, 0.717) is 6.54 Å². The van der Waals surface area contributed by atoms with Crippen LogP contribution in [0.1, 0.15) is 18.5 Å². The van der Waals surface area contributed by atoms with Crippen LogP contribution < -0.4 is 4.74 Å². The topological polar surface area (TPSA) is 54.7 Å². The van der Waals surface area contributed by atoms with E-state index in [-0.39, 0.29) is 5.92 Å². The minimum absolute atomic E-state index is 0.266. The van der Waals surface area contributed by atoms with Crippen LogP contribution >= 0.6 is 0 Å². The Bertz CT molecular complexity index is 946. The first-order valence-electron chi connectivity index (χ1n) is 9.34. The van der Waals surface area contributed by atoms with Crippen LogP contribution in [-0.4, -0.2) is 40.7 Å². The summed E-state index contributed by atoms with van der Waals surface area (Å²) in [4.78, 5) is 13.7. The maximum Gasteiger partial charge on any atom is 0.307 e. The molecule has 5 heteroatoms. The van der Waals surface area contributed by atoms with Crippen molar-refractivity contribution in [1.29, 1.82) is 0 Å². The van der Waals surface area contributed by atoms with Gasteiger partial charge in [-0.2, -0.15) is 0 Å². The number of para-hydroxylation sites is 1. The number of hydrogen-bond donors (Lipinski definition) is 1. The molecule has 1 unspecified atom stereocenters. The second kappa shape index (κ2) is 7.45. The number of aromatic nitrogens is 1. The molecule has 1 fully saturated rings. The van der Waals surface area contributed by atoms with E-state index in [1.165, 1.54) is 11.1 Å². The summed E-state index contributed by atoms with van der Waals surface area (Å²) < 4.78 is 7.55. The summed E-state index contributed by atoms with van der Waals surface area (Å²) in [5.41, 5.74) is 3.41. The van der Waals surface area contributed by atoms with Crippen molar-refractivity contribution in [3.8, 4) is 11.4 Å². The van der Waals surface area contributed by atoms with Crippen molar-refractivity contribution in [2.75, 3.05) is 20.2 Å². The summed E-state index contributed by atoms with van der Waals surface area (Å²) in [5, 5.41) is 10.6. The molecule has 1 aromatic heterocycles. The van der Waals surface area contributed by atoms with Crippen LogP contribution in [0.2, 0.25) is 0 Å². The molecule has 1 aliphatic rings. The first kappa shape index (κ1) is 17.6. The third kappa shape index (κ3) is 3.55. The largest absolute Gasteiger partial charge is 0.497 e. The smallest absolute Gasteiger partial charge is 0.307 e. The molecule has 1 aliphatic heterocycles. The Morgan fingerprint density at radius 3 is 2.70 bits per heavy atom. The first-order chi connectivity index (χ1) is 13.2. The number of methoxy groups -OCH3 is 1. The van der Waals surface area contributed by atoms with E-state index in [1.54, 1.807) is 7.11 Å². The number of carboxylic acids is 1. The lowest BCUT2D eigenvalue weighted by molar-refractivity contribution is -0.143. The van der Waals surface area contributed by atoms with Crippen molar-refractivity contribution in [1.82, 2.24) is 9.47 Å². The zero-order valence-electron chi connectivity index (χ0n) is 15.5. The quantitative estimate of drug-likeness (QED) is 0.745. The number of nitrogens with zero attached hydrogens (tertiary/aromatic N) is 2. The first-order valence-corrected chi connectivity index (χ1v) is 9.34. The standard InChI is InChI=1S/C22H24N2O3/c1-27-20-10-8-18(9-11-20)24-19(13-16-5-2-3-7-21(16)24)15-23-12-4-6-17(14-23)22(25)26/h2-3,5,7-11,13,17H,4,6,12,14-15H2,1H3,(H,25,26). The predicted octanol–water partition coefficient (Wildman–Crippen LogP) is 3.94. The number of carboxylic acid groups (broad SMARTS) is 1. The molecular formula is C22H24N2O3. The summed E-state index contributed by atoms with van der Waals surface area (Å²) in [7, 11) is 1.67. The summed E-state index contributed by atoms with van der Waals surface area (Å²) in [5.74, 6) is -0.120. The van der Waals surface area contributed by atoms with Gasteiger partial charge in [0.15, 0.2) is 0 Å². The van der Waals surface area contributed by atoms with Gasteiger partial charge in [0.2, 0.25) is 0 Å². The summed E-state index contributed by atoms with van der Waals surface area (Å²) in [6.07, 6.45) is 1.70. The van der Waals surface area contributed by atoms with Gasteiger partial charge in [-0.05, 0) is 55.8 Å². The molecule has 2 heterocycles. The van der Waals surface area contributed by atoms with Crippen molar-refractivity contribution >= 4 is 16.9 Å². The predicted molar refractivity (Wildman–Crippen MR) is 105 cm³/mol. The zero-order chi connectivity index (χ0) is 18.8. The van der Waals surface area contributed by atoms with Gasteiger partial charge in [0.1, 0.15) is 5.75 Å². The number of likely N-dealkylation sites (tertiary alicyclic amines) is 1. The monoisotopic (exact) mass is 364 g/mol. The highest BCUT2D eigenvalue weighted by atomic mass is 16.5.